The first kappa shape index (κ1) is 16.5. The van der Waals surface area contributed by atoms with E-state index >= 15 is 0 Å². The van der Waals surface area contributed by atoms with Crippen LogP contribution >= 0.6 is 0 Å². The number of hydrogen-bond acceptors (Lipinski definition) is 5. The summed E-state index contributed by atoms with van der Waals surface area (Å²) in [7, 11) is -3.19. The maximum Gasteiger partial charge on any atom is 0.171 e. The number of nitrogens with zero attached hydrogens (tertiary/aromatic N) is 3. The smallest absolute Gasteiger partial charge is 0.171 e. The molecule has 1 fully saturated rings. The summed E-state index contributed by atoms with van der Waals surface area (Å²) in [5.41, 5.74) is 2.96. The standard InChI is InChI=1S/C17H19N3O3S/c1-11-8-15(7-6-14(11)9-18)23-17-12(2)19-20(10-24(3,21)22)16(17)13-4-5-13/h6-8,13H,4-5,10H2,1-3H3. The zero-order chi connectivity index (χ0) is 17.5. The lowest BCUT2D eigenvalue weighted by atomic mass is 10.1. The van der Waals surface area contributed by atoms with Crippen LogP contribution in [0.1, 0.15) is 41.3 Å². The van der Waals surface area contributed by atoms with E-state index in [2.05, 4.69) is 11.2 Å². The van der Waals surface area contributed by atoms with E-state index in [4.69, 9.17) is 10.00 Å². The van der Waals surface area contributed by atoms with Gasteiger partial charge in [0.25, 0.3) is 0 Å². The molecule has 0 unspecified atom stereocenters. The molecule has 7 heteroatoms. The first-order chi connectivity index (χ1) is 11.3. The Morgan fingerprint density at radius 2 is 2.08 bits per heavy atom. The monoisotopic (exact) mass is 345 g/mol. The molecule has 0 atom stereocenters. The molecule has 0 aliphatic heterocycles. The van der Waals surface area contributed by atoms with Crippen LogP contribution in [0.3, 0.4) is 0 Å². The lowest BCUT2D eigenvalue weighted by Crippen LogP contribution is -2.12. The summed E-state index contributed by atoms with van der Waals surface area (Å²) in [5.74, 6) is 1.40. The van der Waals surface area contributed by atoms with Crippen molar-refractivity contribution in [1.82, 2.24) is 9.78 Å². The molecule has 0 radical (unpaired) electrons. The van der Waals surface area contributed by atoms with Crippen LogP contribution in [-0.4, -0.2) is 24.5 Å². The summed E-state index contributed by atoms with van der Waals surface area (Å²) in [6.45, 7) is 3.67. The fraction of sp³-hybridized carbons (Fsp3) is 0.412. The van der Waals surface area contributed by atoms with E-state index in [1.54, 1.807) is 16.8 Å². The van der Waals surface area contributed by atoms with Crippen molar-refractivity contribution < 1.29 is 13.2 Å². The zero-order valence-corrected chi connectivity index (χ0v) is 14.7. The number of hydrogen-bond donors (Lipinski definition) is 0. The van der Waals surface area contributed by atoms with E-state index in [1.165, 1.54) is 6.26 Å². The molecule has 1 saturated carbocycles. The van der Waals surface area contributed by atoms with Gasteiger partial charge in [-0.2, -0.15) is 10.4 Å². The average Bonchev–Trinajstić information content (AvgIpc) is 3.25. The molecule has 0 bridgehead atoms. The highest BCUT2D eigenvalue weighted by Crippen LogP contribution is 2.46. The summed E-state index contributed by atoms with van der Waals surface area (Å²) in [6.07, 6.45) is 3.22. The predicted molar refractivity (Wildman–Crippen MR) is 89.8 cm³/mol. The maximum atomic E-state index is 11.7. The minimum Gasteiger partial charge on any atom is -0.453 e. The van der Waals surface area contributed by atoms with Gasteiger partial charge in [0, 0.05) is 12.2 Å². The normalized spacial score (nSPS) is 14.4. The maximum absolute atomic E-state index is 11.7. The van der Waals surface area contributed by atoms with E-state index in [0.717, 1.165) is 24.1 Å². The fourth-order valence-electron chi connectivity index (χ4n) is 2.73. The van der Waals surface area contributed by atoms with Crippen molar-refractivity contribution in [2.75, 3.05) is 6.26 Å². The lowest BCUT2D eigenvalue weighted by Gasteiger charge is -2.10. The van der Waals surface area contributed by atoms with Crippen LogP contribution in [0.4, 0.5) is 0 Å². The third-order valence-corrected chi connectivity index (χ3v) is 4.68. The second-order valence-electron chi connectivity index (χ2n) is 6.32. The molecule has 0 spiro atoms. The Bertz CT molecular complexity index is 935. The van der Waals surface area contributed by atoms with Crippen molar-refractivity contribution in [3.63, 3.8) is 0 Å². The summed E-state index contributed by atoms with van der Waals surface area (Å²) < 4.78 is 30.9. The number of aryl methyl sites for hydroxylation is 2. The van der Waals surface area contributed by atoms with Crippen LogP contribution in [0, 0.1) is 25.2 Å². The lowest BCUT2D eigenvalue weighted by molar-refractivity contribution is 0.470. The molecular formula is C17H19N3O3S. The molecule has 24 heavy (non-hydrogen) atoms. The van der Waals surface area contributed by atoms with Crippen molar-refractivity contribution >= 4 is 9.84 Å². The van der Waals surface area contributed by atoms with Gasteiger partial charge in [0.05, 0.1) is 17.3 Å². The Morgan fingerprint density at radius 1 is 1.38 bits per heavy atom. The molecule has 1 aliphatic carbocycles. The molecule has 6 nitrogen and oxygen atoms in total. The minimum atomic E-state index is -3.19. The van der Waals surface area contributed by atoms with Gasteiger partial charge in [0.1, 0.15) is 17.3 Å². The van der Waals surface area contributed by atoms with Gasteiger partial charge in [-0.25, -0.2) is 13.1 Å². The molecule has 1 aliphatic rings. The Labute approximate surface area is 141 Å². The first-order valence-electron chi connectivity index (χ1n) is 7.72. The highest BCUT2D eigenvalue weighted by Gasteiger charge is 2.33. The average molecular weight is 345 g/mol. The summed E-state index contributed by atoms with van der Waals surface area (Å²) in [6, 6.07) is 7.40. The molecule has 126 valence electrons. The van der Waals surface area contributed by atoms with Gasteiger partial charge in [-0.1, -0.05) is 0 Å². The third kappa shape index (κ3) is 3.44. The fourth-order valence-corrected chi connectivity index (χ4v) is 3.37. The van der Waals surface area contributed by atoms with E-state index in [-0.39, 0.29) is 5.88 Å². The molecule has 3 rings (SSSR count). The quantitative estimate of drug-likeness (QED) is 0.831. The molecule has 1 aromatic carbocycles. The largest absolute Gasteiger partial charge is 0.453 e. The Morgan fingerprint density at radius 3 is 2.62 bits per heavy atom. The highest BCUT2D eigenvalue weighted by molar-refractivity contribution is 7.89. The minimum absolute atomic E-state index is 0.143. The van der Waals surface area contributed by atoms with Gasteiger partial charge < -0.3 is 4.74 Å². The van der Waals surface area contributed by atoms with Crippen LogP contribution in [-0.2, 0) is 15.7 Å². The molecule has 1 aromatic heterocycles. The second kappa shape index (κ2) is 5.95. The van der Waals surface area contributed by atoms with Gasteiger partial charge in [0.2, 0.25) is 0 Å². The molecule has 0 saturated heterocycles. The number of rotatable bonds is 5. The highest BCUT2D eigenvalue weighted by atomic mass is 32.2. The van der Waals surface area contributed by atoms with Crippen LogP contribution in [0.25, 0.3) is 0 Å². The third-order valence-electron chi connectivity index (χ3n) is 3.97. The van der Waals surface area contributed by atoms with Gasteiger partial charge >= 0.3 is 0 Å². The second-order valence-corrected chi connectivity index (χ2v) is 8.43. The van der Waals surface area contributed by atoms with Gasteiger partial charge in [-0.05, 0) is 50.5 Å². The summed E-state index contributed by atoms with van der Waals surface area (Å²) >= 11 is 0. The Balaban J connectivity index is 1.99. The Hall–Kier alpha value is -2.33. The van der Waals surface area contributed by atoms with Crippen molar-refractivity contribution in [3.05, 3.63) is 40.7 Å². The topological polar surface area (TPSA) is 85.0 Å². The molecule has 0 N–H and O–H groups in total. The molecule has 2 aromatic rings. The Kier molecular flexibility index (Phi) is 4.10. The van der Waals surface area contributed by atoms with Crippen molar-refractivity contribution in [3.8, 4) is 17.6 Å². The number of ether oxygens (including phenoxy) is 1. The molecule has 0 amide bonds. The predicted octanol–water partition coefficient (Wildman–Crippen LogP) is 3.04. The van der Waals surface area contributed by atoms with Crippen LogP contribution in [0.5, 0.6) is 11.5 Å². The van der Waals surface area contributed by atoms with E-state index < -0.39 is 9.84 Å². The van der Waals surface area contributed by atoms with Crippen molar-refractivity contribution in [1.29, 1.82) is 5.26 Å². The number of sulfone groups is 1. The van der Waals surface area contributed by atoms with Gasteiger partial charge in [0.15, 0.2) is 15.6 Å². The zero-order valence-electron chi connectivity index (χ0n) is 13.9. The van der Waals surface area contributed by atoms with E-state index in [0.29, 0.717) is 28.7 Å². The number of benzene rings is 1. The van der Waals surface area contributed by atoms with Crippen LogP contribution in [0.15, 0.2) is 18.2 Å². The van der Waals surface area contributed by atoms with Crippen LogP contribution < -0.4 is 4.74 Å². The first-order valence-corrected chi connectivity index (χ1v) is 9.78. The van der Waals surface area contributed by atoms with Crippen molar-refractivity contribution in [2.45, 2.75) is 38.5 Å². The van der Waals surface area contributed by atoms with Crippen LogP contribution in [0.2, 0.25) is 0 Å². The van der Waals surface area contributed by atoms with Gasteiger partial charge in [-0.15, -0.1) is 0 Å². The van der Waals surface area contributed by atoms with Gasteiger partial charge in [-0.3, -0.25) is 0 Å². The summed E-state index contributed by atoms with van der Waals surface area (Å²) in [4.78, 5) is 0. The van der Waals surface area contributed by atoms with Crippen molar-refractivity contribution in [2.24, 2.45) is 0 Å². The number of aromatic nitrogens is 2. The SMILES string of the molecule is Cc1cc(Oc2c(C)nn(CS(C)(=O)=O)c2C2CC2)ccc1C#N. The van der Waals surface area contributed by atoms with E-state index in [1.807, 2.05) is 19.9 Å². The summed E-state index contributed by atoms with van der Waals surface area (Å²) in [5, 5.41) is 13.4. The molecular weight excluding hydrogens is 326 g/mol. The molecule has 1 heterocycles. The van der Waals surface area contributed by atoms with E-state index in [9.17, 15) is 8.42 Å². The number of nitriles is 1.